The zero-order valence-corrected chi connectivity index (χ0v) is 9.74. The van der Waals surface area contributed by atoms with Gasteiger partial charge in [0.25, 0.3) is 0 Å². The Labute approximate surface area is 94.3 Å². The maximum atomic E-state index is 12.1. The third kappa shape index (κ3) is 1.86. The number of aliphatic hydroxyl groups is 1. The van der Waals surface area contributed by atoms with Crippen molar-refractivity contribution in [3.8, 4) is 0 Å². The highest BCUT2D eigenvalue weighted by molar-refractivity contribution is 7.89. The number of likely N-dealkylation sites (N-methyl/N-ethyl adjacent to an activating group) is 1. The van der Waals surface area contributed by atoms with Gasteiger partial charge in [-0.05, 0) is 6.07 Å². The molecular weight excluding hydrogens is 230 g/mol. The number of nitrogens with one attached hydrogen (secondary N) is 2. The SMILES string of the molecule is CN([C@@H]1CNC[C@H]1O)S(=O)(=O)c1cc[nH]c1. The lowest BCUT2D eigenvalue weighted by atomic mass is 10.2. The molecule has 2 heterocycles. The van der Waals surface area contributed by atoms with E-state index >= 15 is 0 Å². The number of aliphatic hydroxyl groups excluding tert-OH is 1. The predicted octanol–water partition coefficient (Wildman–Crippen LogP) is -1.03. The second-order valence-corrected chi connectivity index (χ2v) is 5.86. The molecule has 1 aromatic rings. The van der Waals surface area contributed by atoms with Gasteiger partial charge in [0.15, 0.2) is 0 Å². The normalized spacial score (nSPS) is 26.4. The Morgan fingerprint density at radius 3 is 2.75 bits per heavy atom. The number of β-amino-alcohol motifs (C(OH)–C–C–N with tert-alkyl or cyclic N) is 1. The second kappa shape index (κ2) is 4.17. The number of aromatic nitrogens is 1. The van der Waals surface area contributed by atoms with Crippen LogP contribution >= 0.6 is 0 Å². The molecule has 7 heteroatoms. The fraction of sp³-hybridized carbons (Fsp3) is 0.556. The lowest BCUT2D eigenvalue weighted by Gasteiger charge is -2.25. The first-order valence-electron chi connectivity index (χ1n) is 5.03. The minimum atomic E-state index is -3.51. The van der Waals surface area contributed by atoms with Crippen molar-refractivity contribution in [1.82, 2.24) is 14.6 Å². The quantitative estimate of drug-likeness (QED) is 0.635. The smallest absolute Gasteiger partial charge is 0.244 e. The molecule has 0 radical (unpaired) electrons. The van der Waals surface area contributed by atoms with Gasteiger partial charge in [0.2, 0.25) is 10.0 Å². The standard InChI is InChI=1S/C9H15N3O3S/c1-12(8-5-11-6-9(8)13)16(14,15)7-2-3-10-4-7/h2-4,8-11,13H,5-6H2,1H3/t8-,9-/m1/s1. The van der Waals surface area contributed by atoms with Crippen molar-refractivity contribution in [1.29, 1.82) is 0 Å². The van der Waals surface area contributed by atoms with Crippen LogP contribution in [0.2, 0.25) is 0 Å². The molecule has 2 atom stereocenters. The van der Waals surface area contributed by atoms with Crippen LogP contribution in [-0.2, 0) is 10.0 Å². The number of H-pyrrole nitrogens is 1. The average molecular weight is 245 g/mol. The summed E-state index contributed by atoms with van der Waals surface area (Å²) in [4.78, 5) is 2.93. The Morgan fingerprint density at radius 1 is 1.50 bits per heavy atom. The number of hydrogen-bond acceptors (Lipinski definition) is 4. The minimum Gasteiger partial charge on any atom is -0.390 e. The highest BCUT2D eigenvalue weighted by Gasteiger charge is 2.35. The van der Waals surface area contributed by atoms with Crippen LogP contribution < -0.4 is 5.32 Å². The molecule has 1 aliphatic heterocycles. The molecule has 0 aliphatic carbocycles. The van der Waals surface area contributed by atoms with Crippen molar-refractivity contribution in [3.63, 3.8) is 0 Å². The van der Waals surface area contributed by atoms with E-state index in [1.807, 2.05) is 0 Å². The molecule has 0 bridgehead atoms. The Balaban J connectivity index is 2.24. The van der Waals surface area contributed by atoms with E-state index in [0.717, 1.165) is 0 Å². The van der Waals surface area contributed by atoms with Gasteiger partial charge in [-0.2, -0.15) is 4.31 Å². The van der Waals surface area contributed by atoms with Crippen LogP contribution in [0.3, 0.4) is 0 Å². The first kappa shape index (κ1) is 11.6. The summed E-state index contributed by atoms with van der Waals surface area (Å²) in [6.07, 6.45) is 2.34. The highest BCUT2D eigenvalue weighted by atomic mass is 32.2. The Kier molecular flexibility index (Phi) is 3.02. The fourth-order valence-corrected chi connectivity index (χ4v) is 3.20. The lowest BCUT2D eigenvalue weighted by Crippen LogP contribution is -2.44. The van der Waals surface area contributed by atoms with E-state index in [1.54, 1.807) is 6.20 Å². The minimum absolute atomic E-state index is 0.217. The van der Waals surface area contributed by atoms with E-state index in [0.29, 0.717) is 13.1 Å². The zero-order chi connectivity index (χ0) is 11.8. The van der Waals surface area contributed by atoms with E-state index in [2.05, 4.69) is 10.3 Å². The first-order valence-corrected chi connectivity index (χ1v) is 6.47. The molecule has 0 saturated carbocycles. The molecule has 0 amide bonds. The second-order valence-electron chi connectivity index (χ2n) is 3.86. The topological polar surface area (TPSA) is 85.4 Å². The molecule has 1 fully saturated rings. The lowest BCUT2D eigenvalue weighted by molar-refractivity contribution is 0.136. The van der Waals surface area contributed by atoms with E-state index in [-0.39, 0.29) is 4.90 Å². The summed E-state index contributed by atoms with van der Waals surface area (Å²) in [5.41, 5.74) is 0. The molecule has 0 aromatic carbocycles. The molecule has 2 rings (SSSR count). The van der Waals surface area contributed by atoms with Gasteiger partial charge >= 0.3 is 0 Å². The number of aromatic amines is 1. The van der Waals surface area contributed by atoms with Crippen LogP contribution in [0.15, 0.2) is 23.4 Å². The van der Waals surface area contributed by atoms with Crippen molar-refractivity contribution >= 4 is 10.0 Å². The van der Waals surface area contributed by atoms with Gasteiger partial charge in [0, 0.05) is 32.5 Å². The van der Waals surface area contributed by atoms with E-state index in [9.17, 15) is 13.5 Å². The third-order valence-corrected chi connectivity index (χ3v) is 4.74. The summed E-state index contributed by atoms with van der Waals surface area (Å²) in [6.45, 7) is 0.902. The summed E-state index contributed by atoms with van der Waals surface area (Å²) < 4.78 is 25.4. The van der Waals surface area contributed by atoms with Crippen molar-refractivity contribution < 1.29 is 13.5 Å². The average Bonchev–Trinajstić information content (AvgIpc) is 2.86. The number of sulfonamides is 1. The van der Waals surface area contributed by atoms with Crippen LogP contribution in [0, 0.1) is 0 Å². The largest absolute Gasteiger partial charge is 0.390 e. The summed E-state index contributed by atoms with van der Waals surface area (Å²) in [5.74, 6) is 0. The molecule has 1 aliphatic rings. The first-order chi connectivity index (χ1) is 7.53. The molecule has 1 saturated heterocycles. The summed E-state index contributed by atoms with van der Waals surface area (Å²) in [5, 5.41) is 12.6. The van der Waals surface area contributed by atoms with Crippen molar-refractivity contribution in [2.24, 2.45) is 0 Å². The molecule has 16 heavy (non-hydrogen) atoms. The third-order valence-electron chi connectivity index (χ3n) is 2.86. The van der Waals surface area contributed by atoms with Gasteiger partial charge in [-0.3, -0.25) is 0 Å². The van der Waals surface area contributed by atoms with Crippen molar-refractivity contribution in [2.75, 3.05) is 20.1 Å². The zero-order valence-electron chi connectivity index (χ0n) is 8.92. The van der Waals surface area contributed by atoms with Gasteiger partial charge in [-0.15, -0.1) is 0 Å². The monoisotopic (exact) mass is 245 g/mol. The Bertz CT molecular complexity index is 443. The maximum Gasteiger partial charge on any atom is 0.244 e. The van der Waals surface area contributed by atoms with Crippen molar-refractivity contribution in [2.45, 2.75) is 17.0 Å². The van der Waals surface area contributed by atoms with E-state index in [1.165, 1.54) is 23.6 Å². The van der Waals surface area contributed by atoms with Gasteiger partial charge in [-0.25, -0.2) is 8.42 Å². The van der Waals surface area contributed by atoms with Crippen LogP contribution in [0.1, 0.15) is 0 Å². The van der Waals surface area contributed by atoms with E-state index in [4.69, 9.17) is 0 Å². The molecular formula is C9H15N3O3S. The van der Waals surface area contributed by atoms with Gasteiger partial charge in [-0.1, -0.05) is 0 Å². The fourth-order valence-electron chi connectivity index (χ4n) is 1.84. The summed E-state index contributed by atoms with van der Waals surface area (Å²) >= 11 is 0. The van der Waals surface area contributed by atoms with E-state index < -0.39 is 22.2 Å². The Hall–Kier alpha value is -0.890. The molecule has 90 valence electrons. The Morgan fingerprint density at radius 2 is 2.25 bits per heavy atom. The number of rotatable bonds is 3. The van der Waals surface area contributed by atoms with Crippen molar-refractivity contribution in [3.05, 3.63) is 18.5 Å². The maximum absolute atomic E-state index is 12.1. The molecule has 3 N–H and O–H groups in total. The van der Waals surface area contributed by atoms with Gasteiger partial charge in [0.1, 0.15) is 0 Å². The number of nitrogens with zero attached hydrogens (tertiary/aromatic N) is 1. The summed E-state index contributed by atoms with van der Waals surface area (Å²) in [6, 6.07) is 1.10. The predicted molar refractivity (Wildman–Crippen MR) is 58.4 cm³/mol. The molecule has 0 spiro atoms. The van der Waals surface area contributed by atoms with Gasteiger partial charge < -0.3 is 15.4 Å². The van der Waals surface area contributed by atoms with Crippen LogP contribution in [0.25, 0.3) is 0 Å². The van der Waals surface area contributed by atoms with Crippen LogP contribution in [0.5, 0.6) is 0 Å². The number of hydrogen-bond donors (Lipinski definition) is 3. The molecule has 0 unspecified atom stereocenters. The molecule has 1 aromatic heterocycles. The highest BCUT2D eigenvalue weighted by Crippen LogP contribution is 2.18. The van der Waals surface area contributed by atoms with Crippen LogP contribution in [0.4, 0.5) is 0 Å². The molecule has 6 nitrogen and oxygen atoms in total. The summed E-state index contributed by atoms with van der Waals surface area (Å²) in [7, 11) is -2.02. The van der Waals surface area contributed by atoms with Gasteiger partial charge in [0.05, 0.1) is 17.0 Å². The van der Waals surface area contributed by atoms with Crippen LogP contribution in [-0.4, -0.2) is 55.1 Å².